The number of fused-ring (bicyclic) bond motifs is 3. The van der Waals surface area contributed by atoms with Gasteiger partial charge in [-0.3, -0.25) is 10.2 Å². The molecule has 4 aromatic rings. The van der Waals surface area contributed by atoms with Crippen LogP contribution in [0, 0.1) is 6.92 Å². The lowest BCUT2D eigenvalue weighted by Crippen LogP contribution is -2.22. The van der Waals surface area contributed by atoms with E-state index >= 15 is 0 Å². The molecule has 0 radical (unpaired) electrons. The van der Waals surface area contributed by atoms with Gasteiger partial charge in [0.25, 0.3) is 10.0 Å². The van der Waals surface area contributed by atoms with Crippen LogP contribution in [0.3, 0.4) is 0 Å². The van der Waals surface area contributed by atoms with Crippen LogP contribution in [0.5, 0.6) is 0 Å². The molecule has 0 aliphatic heterocycles. The van der Waals surface area contributed by atoms with Crippen molar-refractivity contribution < 1.29 is 21.6 Å². The second kappa shape index (κ2) is 7.55. The van der Waals surface area contributed by atoms with Gasteiger partial charge in [0.2, 0.25) is 0 Å². The number of pyridine rings is 1. The Hall–Kier alpha value is -2.99. The maximum atomic E-state index is 13.5. The highest BCUT2D eigenvalue weighted by molar-refractivity contribution is 7.89. The number of hydrogen-bond acceptors (Lipinski definition) is 5. The fraction of sp³-hybridized carbons (Fsp3) is 0.350. The van der Waals surface area contributed by atoms with E-state index < -0.39 is 21.9 Å². The summed E-state index contributed by atoms with van der Waals surface area (Å²) in [6.07, 6.45) is -2.39. The number of benzene rings is 1. The molecule has 0 spiro atoms. The van der Waals surface area contributed by atoms with E-state index in [0.717, 1.165) is 10.5 Å². The summed E-state index contributed by atoms with van der Waals surface area (Å²) in [6.45, 7) is 3.68. The molecule has 3 aromatic heterocycles. The van der Waals surface area contributed by atoms with Crippen LogP contribution >= 0.6 is 0 Å². The smallest absolute Gasteiger partial charge is 0.273 e. The Morgan fingerprint density at radius 3 is 2.41 bits per heavy atom. The molecule has 32 heavy (non-hydrogen) atoms. The molecule has 0 saturated heterocycles. The van der Waals surface area contributed by atoms with Crippen molar-refractivity contribution >= 4 is 31.8 Å². The second-order valence-corrected chi connectivity index (χ2v) is 9.75. The summed E-state index contributed by atoms with van der Waals surface area (Å²) < 4.78 is 67.5. The molecule has 0 fully saturated rings. The van der Waals surface area contributed by atoms with Crippen molar-refractivity contribution in [2.45, 2.75) is 37.9 Å². The first-order valence-electron chi connectivity index (χ1n) is 9.82. The van der Waals surface area contributed by atoms with Gasteiger partial charge >= 0.3 is 6.18 Å². The Bertz CT molecular complexity index is 1440. The molecular weight excluding hydrogens is 445 g/mol. The maximum absolute atomic E-state index is 13.5. The van der Waals surface area contributed by atoms with Gasteiger partial charge in [0.1, 0.15) is 5.69 Å². The van der Waals surface area contributed by atoms with Gasteiger partial charge in [-0.2, -0.15) is 23.4 Å². The van der Waals surface area contributed by atoms with Crippen LogP contribution in [0.4, 0.5) is 13.2 Å². The number of nitrogens with one attached hydrogen (secondary N) is 2. The molecule has 2 N–H and O–H groups in total. The molecule has 8 nitrogen and oxygen atoms in total. The highest BCUT2D eigenvalue weighted by atomic mass is 32.2. The number of halogens is 3. The normalized spacial score (nSPS) is 13.0. The molecule has 170 valence electrons. The number of hydrogen-bond donors (Lipinski definition) is 2. The maximum Gasteiger partial charge on any atom is 0.433 e. The highest BCUT2D eigenvalue weighted by Crippen LogP contribution is 2.40. The van der Waals surface area contributed by atoms with Crippen molar-refractivity contribution in [3.8, 4) is 11.3 Å². The predicted octanol–water partition coefficient (Wildman–Crippen LogP) is 4.03. The molecule has 0 saturated carbocycles. The van der Waals surface area contributed by atoms with Crippen molar-refractivity contribution in [1.82, 2.24) is 29.7 Å². The van der Waals surface area contributed by atoms with Crippen LogP contribution in [0.1, 0.15) is 30.2 Å². The van der Waals surface area contributed by atoms with Crippen LogP contribution in [0.2, 0.25) is 0 Å². The number of aromatic nitrogens is 5. The van der Waals surface area contributed by atoms with E-state index in [2.05, 4.69) is 20.3 Å². The average Bonchev–Trinajstić information content (AvgIpc) is 3.36. The Morgan fingerprint density at radius 2 is 1.78 bits per heavy atom. The van der Waals surface area contributed by atoms with Crippen molar-refractivity contribution in [3.05, 3.63) is 35.2 Å². The van der Waals surface area contributed by atoms with Gasteiger partial charge in [0, 0.05) is 24.9 Å². The molecular formula is C20H21F3N6O2S. The lowest BCUT2D eigenvalue weighted by Gasteiger charge is -2.17. The fourth-order valence-corrected chi connectivity index (χ4v) is 4.88. The van der Waals surface area contributed by atoms with Gasteiger partial charge in [-0.25, -0.2) is 17.7 Å². The molecule has 1 aromatic carbocycles. The van der Waals surface area contributed by atoms with Crippen LogP contribution < -0.4 is 0 Å². The third-order valence-electron chi connectivity index (χ3n) is 5.43. The number of alkyl halides is 3. The summed E-state index contributed by atoms with van der Waals surface area (Å²) >= 11 is 0. The molecule has 0 atom stereocenters. The van der Waals surface area contributed by atoms with E-state index in [1.165, 1.54) is 14.1 Å². The first-order chi connectivity index (χ1) is 15.0. The van der Waals surface area contributed by atoms with Gasteiger partial charge in [-0.05, 0) is 36.6 Å². The van der Waals surface area contributed by atoms with E-state index in [-0.39, 0.29) is 16.3 Å². The zero-order chi connectivity index (χ0) is 23.4. The van der Waals surface area contributed by atoms with Gasteiger partial charge in [0.15, 0.2) is 5.03 Å². The summed E-state index contributed by atoms with van der Waals surface area (Å²) in [6, 6.07) is 3.22. The minimum atomic E-state index is -4.62. The SMILES string of the molecule is CCCc1c(-c2cn[nH]c2C(F)(F)F)nc2ccc3n[nH]c(S(=O)(=O)N(C)C)c3c2c1C. The third-order valence-corrected chi connectivity index (χ3v) is 7.20. The largest absolute Gasteiger partial charge is 0.433 e. The first-order valence-corrected chi connectivity index (χ1v) is 11.3. The number of aromatic amines is 2. The molecule has 0 aliphatic carbocycles. The highest BCUT2D eigenvalue weighted by Gasteiger charge is 2.37. The molecule has 4 rings (SSSR count). The topological polar surface area (TPSA) is 108 Å². The Morgan fingerprint density at radius 1 is 1.09 bits per heavy atom. The lowest BCUT2D eigenvalue weighted by atomic mass is 9.93. The first kappa shape index (κ1) is 22.2. The van der Waals surface area contributed by atoms with Crippen molar-refractivity contribution in [1.29, 1.82) is 0 Å². The van der Waals surface area contributed by atoms with Crippen LogP contribution in [0.25, 0.3) is 33.1 Å². The second-order valence-electron chi connectivity index (χ2n) is 7.66. The Labute approximate surface area is 181 Å². The van der Waals surface area contributed by atoms with Gasteiger partial charge in [-0.1, -0.05) is 13.3 Å². The third kappa shape index (κ3) is 3.34. The zero-order valence-electron chi connectivity index (χ0n) is 17.8. The van der Waals surface area contributed by atoms with E-state index in [1.807, 2.05) is 12.0 Å². The van der Waals surface area contributed by atoms with Crippen molar-refractivity contribution in [2.24, 2.45) is 0 Å². The molecule has 0 amide bonds. The summed E-state index contributed by atoms with van der Waals surface area (Å²) in [5.41, 5.74) is 1.13. The summed E-state index contributed by atoms with van der Waals surface area (Å²) in [4.78, 5) is 4.56. The number of sulfonamides is 1. The van der Waals surface area contributed by atoms with Crippen molar-refractivity contribution in [3.63, 3.8) is 0 Å². The fourth-order valence-electron chi connectivity index (χ4n) is 3.89. The van der Waals surface area contributed by atoms with E-state index in [9.17, 15) is 21.6 Å². The molecule has 3 heterocycles. The van der Waals surface area contributed by atoms with Crippen LogP contribution in [-0.2, 0) is 22.6 Å². The average molecular weight is 466 g/mol. The molecule has 0 bridgehead atoms. The van der Waals surface area contributed by atoms with E-state index in [4.69, 9.17) is 0 Å². The number of rotatable bonds is 5. The standard InChI is InChI=1S/C20H21F3N6O2S/c1-5-6-11-10(2)15-13(25-17(11)12-9-24-27-18(12)20(21,22)23)7-8-14-16(15)19(28-26-14)32(30,31)29(3)4/h7-9H,5-6H2,1-4H3,(H,24,27)(H,26,28). The van der Waals surface area contributed by atoms with E-state index in [1.54, 1.807) is 19.1 Å². The Balaban J connectivity index is 2.13. The minimum absolute atomic E-state index is 0.0810. The van der Waals surface area contributed by atoms with Crippen LogP contribution in [-0.4, -0.2) is 52.2 Å². The number of H-pyrrole nitrogens is 2. The predicted molar refractivity (Wildman–Crippen MR) is 114 cm³/mol. The lowest BCUT2D eigenvalue weighted by molar-refractivity contribution is -0.140. The minimum Gasteiger partial charge on any atom is -0.273 e. The van der Waals surface area contributed by atoms with Gasteiger partial charge < -0.3 is 0 Å². The number of nitrogens with zero attached hydrogens (tertiary/aromatic N) is 4. The number of aryl methyl sites for hydroxylation is 1. The zero-order valence-corrected chi connectivity index (χ0v) is 18.6. The summed E-state index contributed by atoms with van der Waals surface area (Å²) in [7, 11) is -1.02. The van der Waals surface area contributed by atoms with Gasteiger partial charge in [0.05, 0.1) is 28.5 Å². The molecule has 0 aliphatic rings. The molecule has 0 unspecified atom stereocenters. The summed E-state index contributed by atoms with van der Waals surface area (Å²) in [5.74, 6) is 0. The quantitative estimate of drug-likeness (QED) is 0.462. The van der Waals surface area contributed by atoms with Gasteiger partial charge in [-0.15, -0.1) is 0 Å². The molecule has 12 heteroatoms. The van der Waals surface area contributed by atoms with E-state index in [0.29, 0.717) is 45.8 Å². The summed E-state index contributed by atoms with van der Waals surface area (Å²) in [5, 5.41) is 13.2. The van der Waals surface area contributed by atoms with Crippen LogP contribution in [0.15, 0.2) is 23.4 Å². The monoisotopic (exact) mass is 466 g/mol. The van der Waals surface area contributed by atoms with Crippen molar-refractivity contribution in [2.75, 3.05) is 14.1 Å². The Kier molecular flexibility index (Phi) is 5.24.